The van der Waals surface area contributed by atoms with Gasteiger partial charge in [-0.05, 0) is 42.5 Å². The molecule has 1 aliphatic heterocycles. The Morgan fingerprint density at radius 3 is 2.57 bits per heavy atom. The fourth-order valence-corrected chi connectivity index (χ4v) is 3.49. The molecule has 2 heterocycles. The molecule has 1 saturated heterocycles. The minimum Gasteiger partial charge on any atom is -0.490 e. The van der Waals surface area contributed by atoms with Crippen molar-refractivity contribution in [3.63, 3.8) is 0 Å². The summed E-state index contributed by atoms with van der Waals surface area (Å²) in [6, 6.07) is 12.8. The number of amides is 1. The molecule has 1 fully saturated rings. The lowest BCUT2D eigenvalue weighted by atomic mass is 10.1. The third kappa shape index (κ3) is 4.31. The van der Waals surface area contributed by atoms with Crippen molar-refractivity contribution in [3.8, 4) is 5.75 Å². The molecule has 0 atom stereocenters. The van der Waals surface area contributed by atoms with E-state index in [1.807, 2.05) is 41.3 Å². The average Bonchev–Trinajstić information content (AvgIpc) is 3.08. The van der Waals surface area contributed by atoms with Crippen LogP contribution in [0.2, 0.25) is 5.02 Å². The van der Waals surface area contributed by atoms with Gasteiger partial charge in [-0.3, -0.25) is 4.79 Å². The quantitative estimate of drug-likeness (QED) is 0.614. The Morgan fingerprint density at radius 1 is 1.11 bits per heavy atom. The molecule has 146 valence electrons. The predicted octanol–water partition coefficient (Wildman–Crippen LogP) is 2.99. The highest BCUT2D eigenvalue weighted by atomic mass is 35.5. The number of aromatic nitrogens is 2. The van der Waals surface area contributed by atoms with Crippen LogP contribution in [0, 0.1) is 0 Å². The lowest BCUT2D eigenvalue weighted by Crippen LogP contribution is -2.44. The zero-order chi connectivity index (χ0) is 19.5. The molecule has 0 radical (unpaired) electrons. The van der Waals surface area contributed by atoms with E-state index in [0.717, 1.165) is 29.8 Å². The fourth-order valence-electron chi connectivity index (χ4n) is 3.36. The number of anilines is 1. The van der Waals surface area contributed by atoms with Gasteiger partial charge in [0, 0.05) is 36.6 Å². The Balaban J connectivity index is 1.26. The molecule has 4 rings (SSSR count). The summed E-state index contributed by atoms with van der Waals surface area (Å²) in [7, 11) is 0. The van der Waals surface area contributed by atoms with Crippen LogP contribution in [0.25, 0.3) is 11.0 Å². The second kappa shape index (κ2) is 7.98. The van der Waals surface area contributed by atoms with Gasteiger partial charge in [-0.15, -0.1) is 0 Å². The maximum absolute atomic E-state index is 12.5. The van der Waals surface area contributed by atoms with Crippen molar-refractivity contribution in [2.24, 2.45) is 0 Å². The van der Waals surface area contributed by atoms with E-state index in [-0.39, 0.29) is 24.2 Å². The van der Waals surface area contributed by atoms with Crippen LogP contribution in [-0.4, -0.2) is 46.5 Å². The Bertz CT molecular complexity index is 1020. The van der Waals surface area contributed by atoms with Crippen molar-refractivity contribution >= 4 is 34.2 Å². The zero-order valence-electron chi connectivity index (χ0n) is 15.2. The molecule has 28 heavy (non-hydrogen) atoms. The summed E-state index contributed by atoms with van der Waals surface area (Å²) in [6.45, 7) is 1.55. The number of carbonyl (C=O) groups excluding carboxylic acids is 1. The number of halogens is 1. The monoisotopic (exact) mass is 400 g/mol. The van der Waals surface area contributed by atoms with Crippen molar-refractivity contribution in [2.45, 2.75) is 18.9 Å². The Kier molecular flexibility index (Phi) is 5.25. The summed E-state index contributed by atoms with van der Waals surface area (Å²) in [5, 5.41) is 3.81. The van der Waals surface area contributed by atoms with Crippen LogP contribution in [0.15, 0.2) is 47.3 Å². The van der Waals surface area contributed by atoms with Crippen molar-refractivity contribution in [2.75, 3.05) is 25.0 Å². The van der Waals surface area contributed by atoms with Gasteiger partial charge in [-0.2, -0.15) is 0 Å². The van der Waals surface area contributed by atoms with Crippen LogP contribution < -0.4 is 15.7 Å². The van der Waals surface area contributed by atoms with Gasteiger partial charge in [0.2, 0.25) is 5.91 Å². The number of piperidine rings is 1. The van der Waals surface area contributed by atoms with Crippen LogP contribution in [0.5, 0.6) is 5.75 Å². The van der Waals surface area contributed by atoms with Crippen molar-refractivity contribution in [1.29, 1.82) is 0 Å². The van der Waals surface area contributed by atoms with Crippen molar-refractivity contribution < 1.29 is 9.53 Å². The van der Waals surface area contributed by atoms with Crippen molar-refractivity contribution in [1.82, 2.24) is 14.9 Å². The van der Waals surface area contributed by atoms with Gasteiger partial charge < -0.3 is 24.9 Å². The Labute approximate surface area is 166 Å². The maximum Gasteiger partial charge on any atom is 0.323 e. The third-order valence-electron chi connectivity index (χ3n) is 4.87. The number of imidazole rings is 1. The summed E-state index contributed by atoms with van der Waals surface area (Å²) in [5.74, 6) is 0.849. The van der Waals surface area contributed by atoms with Gasteiger partial charge in [0.15, 0.2) is 0 Å². The highest BCUT2D eigenvalue weighted by molar-refractivity contribution is 6.30. The normalized spacial score (nSPS) is 15.0. The molecule has 2 aromatic carbocycles. The first kappa shape index (κ1) is 18.4. The summed E-state index contributed by atoms with van der Waals surface area (Å²) >= 11 is 5.89. The summed E-state index contributed by atoms with van der Waals surface area (Å²) in [6.07, 6.45) is 1.70. The number of carbonyl (C=O) groups is 1. The summed E-state index contributed by atoms with van der Waals surface area (Å²) in [4.78, 5) is 31.1. The number of nitrogens with zero attached hydrogens (tertiary/aromatic N) is 1. The lowest BCUT2D eigenvalue weighted by molar-refractivity contribution is -0.131. The standard InChI is InChI=1S/C20H21ClN4O3/c21-13-1-4-15(5-2-13)28-16-7-9-25(10-8-16)19(26)12-22-14-3-6-17-18(11-14)24-20(27)23-17/h1-6,11,16,22H,7-10,12H2,(H2,23,24,27). The van der Waals surface area contributed by atoms with Gasteiger partial charge in [0.05, 0.1) is 17.6 Å². The van der Waals surface area contributed by atoms with Crippen LogP contribution in [0.4, 0.5) is 5.69 Å². The van der Waals surface area contributed by atoms with E-state index in [4.69, 9.17) is 16.3 Å². The molecule has 1 aromatic heterocycles. The Morgan fingerprint density at radius 2 is 1.82 bits per heavy atom. The largest absolute Gasteiger partial charge is 0.490 e. The van der Waals surface area contributed by atoms with Gasteiger partial charge in [-0.1, -0.05) is 11.6 Å². The number of ether oxygens (including phenoxy) is 1. The molecule has 3 N–H and O–H groups in total. The second-order valence-electron chi connectivity index (χ2n) is 6.84. The van der Waals surface area contributed by atoms with Gasteiger partial charge in [0.25, 0.3) is 0 Å². The summed E-state index contributed by atoms with van der Waals surface area (Å²) in [5.41, 5.74) is 2.00. The number of nitrogens with one attached hydrogen (secondary N) is 3. The van der Waals surface area contributed by atoms with E-state index in [9.17, 15) is 9.59 Å². The molecule has 0 spiro atoms. The number of likely N-dealkylation sites (tertiary alicyclic amines) is 1. The first-order valence-corrected chi connectivity index (χ1v) is 9.60. The van der Waals surface area contributed by atoms with Crippen molar-refractivity contribution in [3.05, 3.63) is 58.0 Å². The average molecular weight is 401 g/mol. The number of hydrogen-bond donors (Lipinski definition) is 3. The van der Waals surface area contributed by atoms with E-state index in [1.165, 1.54) is 0 Å². The Hall–Kier alpha value is -2.93. The molecule has 0 bridgehead atoms. The summed E-state index contributed by atoms with van der Waals surface area (Å²) < 4.78 is 5.97. The van der Waals surface area contributed by atoms with Crippen LogP contribution in [0.3, 0.4) is 0 Å². The minimum absolute atomic E-state index is 0.0487. The first-order chi connectivity index (χ1) is 13.6. The number of hydrogen-bond acceptors (Lipinski definition) is 4. The zero-order valence-corrected chi connectivity index (χ0v) is 16.0. The van der Waals surface area contributed by atoms with E-state index in [0.29, 0.717) is 23.6 Å². The fraction of sp³-hybridized carbons (Fsp3) is 0.300. The molecule has 3 aromatic rings. The molecule has 1 aliphatic rings. The molecule has 0 saturated carbocycles. The van der Waals surface area contributed by atoms with E-state index < -0.39 is 0 Å². The van der Waals surface area contributed by atoms with Crippen LogP contribution in [0.1, 0.15) is 12.8 Å². The number of benzene rings is 2. The maximum atomic E-state index is 12.5. The topological polar surface area (TPSA) is 90.2 Å². The van der Waals surface area contributed by atoms with Gasteiger partial charge >= 0.3 is 5.69 Å². The highest BCUT2D eigenvalue weighted by Gasteiger charge is 2.23. The lowest BCUT2D eigenvalue weighted by Gasteiger charge is -2.32. The predicted molar refractivity (Wildman–Crippen MR) is 109 cm³/mol. The number of aromatic amines is 2. The highest BCUT2D eigenvalue weighted by Crippen LogP contribution is 2.21. The van der Waals surface area contributed by atoms with Crippen LogP contribution >= 0.6 is 11.6 Å². The molecule has 0 unspecified atom stereocenters. The van der Waals surface area contributed by atoms with Gasteiger partial charge in [-0.25, -0.2) is 4.79 Å². The molecule has 0 aliphatic carbocycles. The number of rotatable bonds is 5. The van der Waals surface area contributed by atoms with Crippen LogP contribution in [-0.2, 0) is 4.79 Å². The molecule has 7 nitrogen and oxygen atoms in total. The minimum atomic E-state index is -0.244. The van der Waals surface area contributed by atoms with E-state index in [1.54, 1.807) is 6.07 Å². The van der Waals surface area contributed by atoms with E-state index >= 15 is 0 Å². The first-order valence-electron chi connectivity index (χ1n) is 9.23. The van der Waals surface area contributed by atoms with E-state index in [2.05, 4.69) is 15.3 Å². The number of H-pyrrole nitrogens is 2. The molecule has 8 heteroatoms. The molecular weight excluding hydrogens is 380 g/mol. The smallest absolute Gasteiger partial charge is 0.323 e. The molecule has 1 amide bonds. The SMILES string of the molecule is O=C(CNc1ccc2[nH]c(=O)[nH]c2c1)N1CCC(Oc2ccc(Cl)cc2)CC1. The second-order valence-corrected chi connectivity index (χ2v) is 7.28. The third-order valence-corrected chi connectivity index (χ3v) is 5.12. The number of fused-ring (bicyclic) bond motifs is 1. The van der Waals surface area contributed by atoms with Gasteiger partial charge in [0.1, 0.15) is 11.9 Å². The molecular formula is C20H21ClN4O3.